The Morgan fingerprint density at radius 2 is 2.29 bits per heavy atom. The van der Waals surface area contributed by atoms with Gasteiger partial charge in [-0.15, -0.1) is 0 Å². The molecule has 1 aromatic rings. The molecule has 3 heteroatoms. The predicted molar refractivity (Wildman–Crippen MR) is 70.9 cm³/mol. The van der Waals surface area contributed by atoms with E-state index in [-0.39, 0.29) is 0 Å². The Hall–Kier alpha value is -0.860. The number of rotatable bonds is 1. The summed E-state index contributed by atoms with van der Waals surface area (Å²) >= 11 is 6.25. The molecule has 0 amide bonds. The summed E-state index contributed by atoms with van der Waals surface area (Å²) in [5.74, 6) is 1.48. The van der Waals surface area contributed by atoms with Gasteiger partial charge in [-0.1, -0.05) is 17.7 Å². The number of halogens is 1. The first-order valence-corrected chi connectivity index (χ1v) is 6.59. The van der Waals surface area contributed by atoms with Crippen molar-refractivity contribution < 1.29 is 0 Å². The van der Waals surface area contributed by atoms with Gasteiger partial charge in [0.1, 0.15) is 0 Å². The van der Waals surface area contributed by atoms with Crippen LogP contribution in [0.1, 0.15) is 18.4 Å². The Labute approximate surface area is 107 Å². The fourth-order valence-corrected chi connectivity index (χ4v) is 3.47. The average Bonchev–Trinajstić information content (AvgIpc) is 2.27. The van der Waals surface area contributed by atoms with Crippen molar-refractivity contribution in [3.63, 3.8) is 0 Å². The number of fused-ring (bicyclic) bond motifs is 2. The number of hydrogen-bond acceptors (Lipinski definition) is 2. The van der Waals surface area contributed by atoms with Gasteiger partial charge in [0, 0.05) is 31.0 Å². The van der Waals surface area contributed by atoms with Crippen LogP contribution in [0.15, 0.2) is 24.5 Å². The molecule has 90 valence electrons. The Kier molecular flexibility index (Phi) is 2.93. The summed E-state index contributed by atoms with van der Waals surface area (Å²) in [4.78, 5) is 6.64. The Morgan fingerprint density at radius 3 is 3.06 bits per heavy atom. The number of nitrogens with zero attached hydrogens (tertiary/aromatic N) is 2. The number of likely N-dealkylation sites (tertiary alicyclic amines) is 1. The van der Waals surface area contributed by atoms with E-state index in [1.54, 1.807) is 6.20 Å². The maximum Gasteiger partial charge on any atom is 0.0511 e. The van der Waals surface area contributed by atoms with E-state index in [1.807, 2.05) is 12.3 Å². The normalized spacial score (nSPS) is 28.9. The topological polar surface area (TPSA) is 16.1 Å². The highest BCUT2D eigenvalue weighted by Crippen LogP contribution is 2.38. The second-order valence-corrected chi connectivity index (χ2v) is 5.74. The number of pyridine rings is 1. The summed E-state index contributed by atoms with van der Waals surface area (Å²) < 4.78 is 0. The van der Waals surface area contributed by atoms with Gasteiger partial charge in [0.2, 0.25) is 0 Å². The SMILES string of the molecule is CN1C[C@H]2C=C(c3cnccc3Cl)C[C@H](C2)C1. The van der Waals surface area contributed by atoms with E-state index in [2.05, 4.69) is 23.0 Å². The van der Waals surface area contributed by atoms with Crippen molar-refractivity contribution in [2.24, 2.45) is 11.8 Å². The van der Waals surface area contributed by atoms with Crippen molar-refractivity contribution in [3.05, 3.63) is 35.1 Å². The van der Waals surface area contributed by atoms with Crippen LogP contribution in [-0.4, -0.2) is 30.0 Å². The lowest BCUT2D eigenvalue weighted by molar-refractivity contribution is 0.170. The molecule has 1 aliphatic carbocycles. The van der Waals surface area contributed by atoms with E-state index >= 15 is 0 Å². The molecule has 0 radical (unpaired) electrons. The van der Waals surface area contributed by atoms with Crippen LogP contribution < -0.4 is 0 Å². The minimum absolute atomic E-state index is 0.693. The van der Waals surface area contributed by atoms with E-state index in [9.17, 15) is 0 Å². The molecule has 2 atom stereocenters. The number of allylic oxidation sites excluding steroid dienone is 1. The molecule has 2 heterocycles. The van der Waals surface area contributed by atoms with Crippen LogP contribution in [0.25, 0.3) is 5.57 Å². The van der Waals surface area contributed by atoms with Crippen molar-refractivity contribution in [2.45, 2.75) is 12.8 Å². The summed E-state index contributed by atoms with van der Waals surface area (Å²) in [7, 11) is 2.22. The largest absolute Gasteiger partial charge is 0.305 e. The van der Waals surface area contributed by atoms with Crippen LogP contribution in [-0.2, 0) is 0 Å². The molecule has 0 N–H and O–H groups in total. The molecular formula is C14H17ClN2. The zero-order chi connectivity index (χ0) is 11.8. The van der Waals surface area contributed by atoms with E-state index in [0.29, 0.717) is 5.92 Å². The Balaban J connectivity index is 1.93. The first kappa shape index (κ1) is 11.2. The third-order valence-electron chi connectivity index (χ3n) is 3.81. The zero-order valence-electron chi connectivity index (χ0n) is 10.1. The third kappa shape index (κ3) is 2.24. The van der Waals surface area contributed by atoms with Gasteiger partial charge < -0.3 is 4.90 Å². The van der Waals surface area contributed by atoms with Gasteiger partial charge in [-0.25, -0.2) is 0 Å². The number of piperidine rings is 1. The van der Waals surface area contributed by atoms with Crippen molar-refractivity contribution >= 4 is 17.2 Å². The molecule has 1 aliphatic heterocycles. The molecule has 1 saturated heterocycles. The van der Waals surface area contributed by atoms with Gasteiger partial charge in [-0.05, 0) is 43.4 Å². The van der Waals surface area contributed by atoms with Crippen molar-refractivity contribution in [1.82, 2.24) is 9.88 Å². The fourth-order valence-electron chi connectivity index (χ4n) is 3.24. The molecule has 2 nitrogen and oxygen atoms in total. The lowest BCUT2D eigenvalue weighted by atomic mass is 9.77. The van der Waals surface area contributed by atoms with Gasteiger partial charge in [-0.3, -0.25) is 4.98 Å². The van der Waals surface area contributed by atoms with Crippen molar-refractivity contribution in [1.29, 1.82) is 0 Å². The summed E-state index contributed by atoms with van der Waals surface area (Å²) in [6, 6.07) is 1.88. The first-order chi connectivity index (χ1) is 8.22. The molecule has 2 aliphatic rings. The number of hydrogen-bond donors (Lipinski definition) is 0. The molecule has 1 aromatic heterocycles. The highest BCUT2D eigenvalue weighted by molar-refractivity contribution is 6.32. The van der Waals surface area contributed by atoms with E-state index < -0.39 is 0 Å². The number of aromatic nitrogens is 1. The fraction of sp³-hybridized carbons (Fsp3) is 0.500. The standard InChI is InChI=1S/C14H17ClN2/c1-17-8-10-4-11(9-17)6-12(5-10)13-7-16-3-2-14(13)15/h2-3,5,7,10-11H,4,6,8-9H2,1H3/t10-,11+/m1/s1. The first-order valence-electron chi connectivity index (χ1n) is 6.21. The van der Waals surface area contributed by atoms with Crippen LogP contribution >= 0.6 is 11.6 Å². The minimum Gasteiger partial charge on any atom is -0.305 e. The van der Waals surface area contributed by atoms with E-state index in [1.165, 1.54) is 25.1 Å². The molecule has 2 bridgehead atoms. The predicted octanol–water partition coefficient (Wildman–Crippen LogP) is 3.09. The summed E-state index contributed by atoms with van der Waals surface area (Å²) in [5.41, 5.74) is 2.53. The quantitative estimate of drug-likeness (QED) is 0.759. The zero-order valence-corrected chi connectivity index (χ0v) is 10.8. The maximum atomic E-state index is 6.25. The van der Waals surface area contributed by atoms with Gasteiger partial charge in [0.05, 0.1) is 5.02 Å². The molecule has 0 saturated carbocycles. The Bertz CT molecular complexity index is 455. The van der Waals surface area contributed by atoms with Gasteiger partial charge in [-0.2, -0.15) is 0 Å². The molecule has 3 rings (SSSR count). The van der Waals surface area contributed by atoms with Crippen LogP contribution in [0.4, 0.5) is 0 Å². The van der Waals surface area contributed by atoms with Crippen molar-refractivity contribution in [3.8, 4) is 0 Å². The maximum absolute atomic E-state index is 6.25. The highest BCUT2D eigenvalue weighted by atomic mass is 35.5. The summed E-state index contributed by atoms with van der Waals surface area (Å²) in [6.07, 6.45) is 8.55. The van der Waals surface area contributed by atoms with Gasteiger partial charge in [0.25, 0.3) is 0 Å². The lowest BCUT2D eigenvalue weighted by Crippen LogP contribution is -2.39. The molecular weight excluding hydrogens is 232 g/mol. The lowest BCUT2D eigenvalue weighted by Gasteiger charge is -2.38. The van der Waals surface area contributed by atoms with Crippen LogP contribution in [0.5, 0.6) is 0 Å². The second kappa shape index (κ2) is 4.43. The second-order valence-electron chi connectivity index (χ2n) is 5.33. The van der Waals surface area contributed by atoms with Gasteiger partial charge in [0.15, 0.2) is 0 Å². The van der Waals surface area contributed by atoms with Crippen LogP contribution in [0.2, 0.25) is 5.02 Å². The summed E-state index contributed by atoms with van der Waals surface area (Å²) in [6.45, 7) is 2.39. The molecule has 0 unspecified atom stereocenters. The molecule has 0 spiro atoms. The highest BCUT2D eigenvalue weighted by Gasteiger charge is 2.29. The van der Waals surface area contributed by atoms with Crippen molar-refractivity contribution in [2.75, 3.05) is 20.1 Å². The average molecular weight is 249 g/mol. The summed E-state index contributed by atoms with van der Waals surface area (Å²) in [5, 5.41) is 0.833. The van der Waals surface area contributed by atoms with E-state index in [0.717, 1.165) is 22.9 Å². The Morgan fingerprint density at radius 1 is 1.41 bits per heavy atom. The van der Waals surface area contributed by atoms with Crippen LogP contribution in [0, 0.1) is 11.8 Å². The third-order valence-corrected chi connectivity index (χ3v) is 4.14. The smallest absolute Gasteiger partial charge is 0.0511 e. The monoisotopic (exact) mass is 248 g/mol. The van der Waals surface area contributed by atoms with Crippen LogP contribution in [0.3, 0.4) is 0 Å². The molecule has 17 heavy (non-hydrogen) atoms. The minimum atomic E-state index is 0.693. The van der Waals surface area contributed by atoms with E-state index in [4.69, 9.17) is 11.6 Å². The van der Waals surface area contributed by atoms with Gasteiger partial charge >= 0.3 is 0 Å². The molecule has 1 fully saturated rings. The molecule has 0 aromatic carbocycles.